The van der Waals surface area contributed by atoms with Gasteiger partial charge in [0.1, 0.15) is 0 Å². The van der Waals surface area contributed by atoms with Crippen molar-refractivity contribution in [3.05, 3.63) is 102 Å². The lowest BCUT2D eigenvalue weighted by Crippen LogP contribution is -2.45. The molecular formula is C28H27N3O5. The normalized spacial score (nSPS) is 15.0. The molecule has 3 amide bonds. The summed E-state index contributed by atoms with van der Waals surface area (Å²) in [5.41, 5.74) is 5.88. The smallest absolute Gasteiger partial charge is 0.311 e. The zero-order valence-corrected chi connectivity index (χ0v) is 19.8. The van der Waals surface area contributed by atoms with Gasteiger partial charge in [-0.1, -0.05) is 78.4 Å². The van der Waals surface area contributed by atoms with Crippen molar-refractivity contribution in [1.82, 2.24) is 10.4 Å². The van der Waals surface area contributed by atoms with Gasteiger partial charge in [0.25, 0.3) is 11.8 Å². The first-order valence-electron chi connectivity index (χ1n) is 11.6. The number of hydrazine groups is 1. The van der Waals surface area contributed by atoms with Gasteiger partial charge in [0.15, 0.2) is 6.61 Å². The van der Waals surface area contributed by atoms with E-state index in [0.29, 0.717) is 5.69 Å². The number of hydrogen-bond acceptors (Lipinski definition) is 5. The first kappa shape index (κ1) is 24.7. The Labute approximate surface area is 209 Å². The van der Waals surface area contributed by atoms with Gasteiger partial charge in [-0.2, -0.15) is 0 Å². The first-order valence-corrected chi connectivity index (χ1v) is 11.6. The summed E-state index contributed by atoms with van der Waals surface area (Å²) in [7, 11) is 0. The van der Waals surface area contributed by atoms with Gasteiger partial charge < -0.3 is 10.1 Å². The van der Waals surface area contributed by atoms with E-state index in [1.165, 1.54) is 0 Å². The fourth-order valence-electron chi connectivity index (χ4n) is 4.05. The van der Waals surface area contributed by atoms with Crippen LogP contribution in [0.1, 0.15) is 29.0 Å². The van der Waals surface area contributed by atoms with Crippen LogP contribution in [0.3, 0.4) is 0 Å². The van der Waals surface area contributed by atoms with Crippen LogP contribution in [-0.2, 0) is 23.9 Å². The number of ether oxygens (including phenoxy) is 1. The van der Waals surface area contributed by atoms with Gasteiger partial charge in [-0.25, -0.2) is 0 Å². The molecule has 1 aliphatic rings. The Bertz CT molecular complexity index is 1190. The van der Waals surface area contributed by atoms with Crippen molar-refractivity contribution in [2.24, 2.45) is 5.92 Å². The van der Waals surface area contributed by atoms with Gasteiger partial charge in [0.2, 0.25) is 5.91 Å². The average molecular weight is 486 g/mol. The van der Waals surface area contributed by atoms with Gasteiger partial charge in [-0.05, 0) is 30.2 Å². The molecule has 0 unspecified atom stereocenters. The van der Waals surface area contributed by atoms with Crippen molar-refractivity contribution in [3.8, 4) is 0 Å². The van der Waals surface area contributed by atoms with Crippen molar-refractivity contribution in [2.45, 2.75) is 19.3 Å². The highest BCUT2D eigenvalue weighted by Crippen LogP contribution is 2.26. The third-order valence-electron chi connectivity index (χ3n) is 5.91. The summed E-state index contributed by atoms with van der Waals surface area (Å²) >= 11 is 0. The van der Waals surface area contributed by atoms with E-state index in [1.54, 1.807) is 12.1 Å². The molecule has 0 saturated carbocycles. The molecule has 0 spiro atoms. The lowest BCUT2D eigenvalue weighted by atomic mass is 9.91. The Morgan fingerprint density at radius 3 is 2.08 bits per heavy atom. The number of aryl methyl sites for hydroxylation is 1. The largest absolute Gasteiger partial charge is 0.455 e. The topological polar surface area (TPSA) is 105 Å². The molecule has 184 valence electrons. The molecule has 0 radical (unpaired) electrons. The number of carbonyl (C=O) groups excluding carboxylic acids is 4. The lowest BCUT2D eigenvalue weighted by molar-refractivity contribution is -0.151. The highest BCUT2D eigenvalue weighted by molar-refractivity contribution is 5.94. The zero-order valence-electron chi connectivity index (χ0n) is 19.8. The number of rotatable bonds is 8. The van der Waals surface area contributed by atoms with E-state index in [2.05, 4.69) is 10.7 Å². The highest BCUT2D eigenvalue weighted by atomic mass is 16.5. The number of carbonyl (C=O) groups is 4. The minimum absolute atomic E-state index is 0.0285. The molecule has 8 nitrogen and oxygen atoms in total. The maximum Gasteiger partial charge on any atom is 0.311 e. The van der Waals surface area contributed by atoms with Gasteiger partial charge in [0, 0.05) is 12.1 Å². The van der Waals surface area contributed by atoms with E-state index >= 15 is 0 Å². The predicted octanol–water partition coefficient (Wildman–Crippen LogP) is 3.19. The fraction of sp³-hybridized carbons (Fsp3) is 0.214. The Balaban J connectivity index is 1.34. The minimum atomic E-state index is -0.781. The van der Waals surface area contributed by atoms with Crippen LogP contribution in [-0.4, -0.2) is 41.9 Å². The van der Waals surface area contributed by atoms with Crippen molar-refractivity contribution >= 4 is 29.4 Å². The molecule has 1 atom stereocenters. The van der Waals surface area contributed by atoms with Gasteiger partial charge in [-0.3, -0.25) is 29.6 Å². The number of hydrogen-bond donors (Lipinski definition) is 2. The highest BCUT2D eigenvalue weighted by Gasteiger charge is 2.37. The number of benzene rings is 3. The standard InChI is InChI=1S/C28H27N3O5/c1-19-12-14-23(15-13-19)29-24(32)18-36-28(35)22-16-25(33)31(17-22)30-27(34)26(20-8-4-2-5-9-20)21-10-6-3-7-11-21/h2-15,22,26H,16-18H2,1H3,(H,29,32)(H,30,34)/t22-/m1/s1. The molecule has 1 heterocycles. The van der Waals surface area contributed by atoms with Crippen LogP contribution in [0.2, 0.25) is 0 Å². The molecule has 4 rings (SSSR count). The molecule has 0 aliphatic carbocycles. The SMILES string of the molecule is Cc1ccc(NC(=O)COC(=O)[C@@H]2CC(=O)N(NC(=O)C(c3ccccc3)c3ccccc3)C2)cc1. The molecule has 0 aromatic heterocycles. The number of esters is 1. The number of nitrogens with one attached hydrogen (secondary N) is 2. The summed E-state index contributed by atoms with van der Waals surface area (Å²) in [6.07, 6.45) is -0.111. The maximum atomic E-state index is 13.3. The molecule has 1 saturated heterocycles. The number of nitrogens with zero attached hydrogens (tertiary/aromatic N) is 1. The van der Waals surface area contributed by atoms with Gasteiger partial charge in [-0.15, -0.1) is 0 Å². The Kier molecular flexibility index (Phi) is 7.75. The molecule has 0 bridgehead atoms. The summed E-state index contributed by atoms with van der Waals surface area (Å²) in [5.74, 6) is -3.33. The van der Waals surface area contributed by atoms with Crippen molar-refractivity contribution in [1.29, 1.82) is 0 Å². The third kappa shape index (κ3) is 6.15. The molecule has 1 fully saturated rings. The first-order chi connectivity index (χ1) is 17.4. The molecular weight excluding hydrogens is 458 g/mol. The predicted molar refractivity (Wildman–Crippen MR) is 133 cm³/mol. The van der Waals surface area contributed by atoms with Crippen LogP contribution in [0.25, 0.3) is 0 Å². The van der Waals surface area contributed by atoms with Gasteiger partial charge in [0.05, 0.1) is 18.4 Å². The van der Waals surface area contributed by atoms with E-state index in [0.717, 1.165) is 21.7 Å². The zero-order chi connectivity index (χ0) is 25.5. The molecule has 3 aromatic rings. The van der Waals surface area contributed by atoms with Gasteiger partial charge >= 0.3 is 5.97 Å². The summed E-state index contributed by atoms with van der Waals surface area (Å²) in [6, 6.07) is 25.7. The van der Waals surface area contributed by atoms with E-state index < -0.39 is 36.2 Å². The monoisotopic (exact) mass is 485 g/mol. The second-order valence-electron chi connectivity index (χ2n) is 8.66. The minimum Gasteiger partial charge on any atom is -0.455 e. The average Bonchev–Trinajstić information content (AvgIpc) is 3.25. The summed E-state index contributed by atoms with van der Waals surface area (Å²) in [5, 5.41) is 3.80. The molecule has 1 aliphatic heterocycles. The van der Waals surface area contributed by atoms with E-state index in [1.807, 2.05) is 79.7 Å². The Morgan fingerprint density at radius 1 is 0.917 bits per heavy atom. The van der Waals surface area contributed by atoms with Crippen molar-refractivity contribution in [2.75, 3.05) is 18.5 Å². The maximum absolute atomic E-state index is 13.3. The molecule has 3 aromatic carbocycles. The second kappa shape index (κ2) is 11.3. The van der Waals surface area contributed by atoms with Crippen molar-refractivity contribution < 1.29 is 23.9 Å². The molecule has 2 N–H and O–H groups in total. The van der Waals surface area contributed by atoms with Crippen LogP contribution in [0, 0.1) is 12.8 Å². The van der Waals surface area contributed by atoms with E-state index in [9.17, 15) is 19.2 Å². The quantitative estimate of drug-likeness (QED) is 0.477. The molecule has 36 heavy (non-hydrogen) atoms. The lowest BCUT2D eigenvalue weighted by Gasteiger charge is -2.23. The van der Waals surface area contributed by atoms with E-state index in [4.69, 9.17) is 4.74 Å². The summed E-state index contributed by atoms with van der Waals surface area (Å²) in [4.78, 5) is 50.4. The summed E-state index contributed by atoms with van der Waals surface area (Å²) < 4.78 is 5.13. The van der Waals surface area contributed by atoms with Crippen LogP contribution in [0.5, 0.6) is 0 Å². The third-order valence-corrected chi connectivity index (χ3v) is 5.91. The number of amides is 3. The Hall–Kier alpha value is -4.46. The van der Waals surface area contributed by atoms with Crippen LogP contribution in [0.15, 0.2) is 84.9 Å². The summed E-state index contributed by atoms with van der Waals surface area (Å²) in [6.45, 7) is 1.44. The van der Waals surface area contributed by atoms with Crippen LogP contribution in [0.4, 0.5) is 5.69 Å². The number of anilines is 1. The fourth-order valence-corrected chi connectivity index (χ4v) is 4.05. The Morgan fingerprint density at radius 2 is 1.50 bits per heavy atom. The van der Waals surface area contributed by atoms with Crippen LogP contribution >= 0.6 is 0 Å². The van der Waals surface area contributed by atoms with Crippen LogP contribution < -0.4 is 10.7 Å². The second-order valence-corrected chi connectivity index (χ2v) is 8.66. The van der Waals surface area contributed by atoms with Crippen molar-refractivity contribution in [3.63, 3.8) is 0 Å². The molecule has 8 heteroatoms. The van der Waals surface area contributed by atoms with E-state index in [-0.39, 0.29) is 18.9 Å².